The Labute approximate surface area is 157 Å². The summed E-state index contributed by atoms with van der Waals surface area (Å²) in [6, 6.07) is 14.1. The maximum Gasteiger partial charge on any atom is 0.338 e. The van der Waals surface area contributed by atoms with E-state index in [1.807, 2.05) is 24.3 Å². The van der Waals surface area contributed by atoms with Crippen LogP contribution in [0.1, 0.15) is 10.4 Å². The fourth-order valence-electron chi connectivity index (χ4n) is 2.74. The predicted octanol–water partition coefficient (Wildman–Crippen LogP) is 2.33. The number of anilines is 2. The van der Waals surface area contributed by atoms with Gasteiger partial charge in [-0.05, 0) is 42.5 Å². The second-order valence-corrected chi connectivity index (χ2v) is 6.00. The van der Waals surface area contributed by atoms with Crippen LogP contribution in [-0.4, -0.2) is 51.9 Å². The Kier molecular flexibility index (Phi) is 6.27. The van der Waals surface area contributed by atoms with Gasteiger partial charge >= 0.3 is 5.97 Å². The summed E-state index contributed by atoms with van der Waals surface area (Å²) in [6.07, 6.45) is 0. The number of methoxy groups -OCH3 is 1. The third-order valence-corrected chi connectivity index (χ3v) is 4.17. The number of esters is 1. The lowest BCUT2D eigenvalue weighted by Gasteiger charge is -2.28. The molecule has 27 heavy (non-hydrogen) atoms. The fourth-order valence-corrected chi connectivity index (χ4v) is 2.74. The highest BCUT2D eigenvalue weighted by atomic mass is 16.5. The Morgan fingerprint density at radius 3 is 2.56 bits per heavy atom. The molecule has 7 nitrogen and oxygen atoms in total. The minimum atomic E-state index is -0.577. The topological polar surface area (TPSA) is 77.1 Å². The molecule has 2 aromatic rings. The molecule has 0 atom stereocenters. The lowest BCUT2D eigenvalue weighted by Crippen LogP contribution is -2.36. The van der Waals surface area contributed by atoms with Gasteiger partial charge in [0.05, 0.1) is 25.9 Å². The van der Waals surface area contributed by atoms with Crippen LogP contribution in [0.5, 0.6) is 5.75 Å². The lowest BCUT2D eigenvalue weighted by atomic mass is 10.2. The van der Waals surface area contributed by atoms with Gasteiger partial charge in [-0.3, -0.25) is 4.79 Å². The Balaban J connectivity index is 1.49. The first-order valence-electron chi connectivity index (χ1n) is 8.69. The highest BCUT2D eigenvalue weighted by molar-refractivity contribution is 5.95. The molecule has 0 aromatic heterocycles. The first-order chi connectivity index (χ1) is 13.2. The van der Waals surface area contributed by atoms with Gasteiger partial charge < -0.3 is 24.4 Å². The monoisotopic (exact) mass is 370 g/mol. The number of hydrogen-bond donors (Lipinski definition) is 1. The van der Waals surface area contributed by atoms with Crippen molar-refractivity contribution in [2.45, 2.75) is 0 Å². The van der Waals surface area contributed by atoms with E-state index in [0.717, 1.165) is 32.0 Å². The van der Waals surface area contributed by atoms with E-state index in [1.165, 1.54) is 7.11 Å². The highest BCUT2D eigenvalue weighted by Gasteiger charge is 2.13. The lowest BCUT2D eigenvalue weighted by molar-refractivity contribution is -0.119. The largest absolute Gasteiger partial charge is 0.497 e. The third kappa shape index (κ3) is 5.21. The number of rotatable bonds is 6. The highest BCUT2D eigenvalue weighted by Crippen LogP contribution is 2.19. The number of ether oxygens (including phenoxy) is 3. The van der Waals surface area contributed by atoms with E-state index in [0.29, 0.717) is 17.0 Å². The molecular formula is C20H22N2O5. The molecule has 142 valence electrons. The van der Waals surface area contributed by atoms with Crippen molar-refractivity contribution in [2.24, 2.45) is 0 Å². The van der Waals surface area contributed by atoms with Crippen LogP contribution in [0, 0.1) is 0 Å². The summed E-state index contributed by atoms with van der Waals surface area (Å²) >= 11 is 0. The first-order valence-corrected chi connectivity index (χ1v) is 8.69. The standard InChI is InChI=1S/C20H22N2O5/c1-25-18-4-2-3-15(13-18)20(24)27-14-19(23)21-16-5-7-17(8-6-16)22-9-11-26-12-10-22/h2-8,13H,9-12,14H2,1H3,(H,21,23). The molecule has 1 fully saturated rings. The molecule has 0 unspecified atom stereocenters. The average molecular weight is 370 g/mol. The molecule has 2 aromatic carbocycles. The van der Waals surface area contributed by atoms with Crippen molar-refractivity contribution in [3.05, 3.63) is 54.1 Å². The molecule has 0 saturated carbocycles. The number of nitrogens with one attached hydrogen (secondary N) is 1. The number of benzene rings is 2. The number of nitrogens with zero attached hydrogens (tertiary/aromatic N) is 1. The van der Waals surface area contributed by atoms with Crippen LogP contribution in [0.3, 0.4) is 0 Å². The van der Waals surface area contributed by atoms with Crippen molar-refractivity contribution in [1.82, 2.24) is 0 Å². The normalized spacial score (nSPS) is 13.7. The Morgan fingerprint density at radius 2 is 1.85 bits per heavy atom. The zero-order valence-electron chi connectivity index (χ0n) is 15.1. The molecule has 0 aliphatic carbocycles. The number of hydrogen-bond acceptors (Lipinski definition) is 6. The molecular weight excluding hydrogens is 348 g/mol. The Bertz CT molecular complexity index is 785. The van der Waals surface area contributed by atoms with Crippen LogP contribution in [0.2, 0.25) is 0 Å². The van der Waals surface area contributed by atoms with Gasteiger partial charge in [0.1, 0.15) is 5.75 Å². The second kappa shape index (κ2) is 9.05. The third-order valence-electron chi connectivity index (χ3n) is 4.17. The van der Waals surface area contributed by atoms with E-state index < -0.39 is 11.9 Å². The maximum absolute atomic E-state index is 12.0. The summed E-state index contributed by atoms with van der Waals surface area (Å²) in [5.41, 5.74) is 2.06. The summed E-state index contributed by atoms with van der Waals surface area (Å²) in [5.74, 6) is -0.425. The molecule has 0 radical (unpaired) electrons. The van der Waals surface area contributed by atoms with Crippen molar-refractivity contribution in [3.63, 3.8) is 0 Å². The molecule has 0 spiro atoms. The summed E-state index contributed by atoms with van der Waals surface area (Å²) in [5, 5.41) is 2.72. The van der Waals surface area contributed by atoms with Crippen LogP contribution >= 0.6 is 0 Å². The van der Waals surface area contributed by atoms with Crippen molar-refractivity contribution in [2.75, 3.05) is 50.2 Å². The molecule has 3 rings (SSSR count). The zero-order valence-corrected chi connectivity index (χ0v) is 15.1. The summed E-state index contributed by atoms with van der Waals surface area (Å²) < 4.78 is 15.5. The molecule has 1 aliphatic rings. The van der Waals surface area contributed by atoms with Gasteiger partial charge in [-0.25, -0.2) is 4.79 Å². The van der Waals surface area contributed by atoms with Gasteiger partial charge in [-0.2, -0.15) is 0 Å². The summed E-state index contributed by atoms with van der Waals surface area (Å²) in [4.78, 5) is 26.3. The second-order valence-electron chi connectivity index (χ2n) is 6.00. The molecule has 1 amide bonds. The van der Waals surface area contributed by atoms with E-state index >= 15 is 0 Å². The van der Waals surface area contributed by atoms with Gasteiger partial charge in [0.2, 0.25) is 0 Å². The number of carbonyl (C=O) groups is 2. The molecule has 0 bridgehead atoms. The summed E-state index contributed by atoms with van der Waals surface area (Å²) in [7, 11) is 1.52. The Morgan fingerprint density at radius 1 is 1.11 bits per heavy atom. The number of carbonyl (C=O) groups excluding carboxylic acids is 2. The maximum atomic E-state index is 12.0. The minimum Gasteiger partial charge on any atom is -0.497 e. The fraction of sp³-hybridized carbons (Fsp3) is 0.300. The predicted molar refractivity (Wildman–Crippen MR) is 101 cm³/mol. The molecule has 7 heteroatoms. The van der Waals surface area contributed by atoms with Gasteiger partial charge in [0.25, 0.3) is 5.91 Å². The van der Waals surface area contributed by atoms with E-state index in [1.54, 1.807) is 24.3 Å². The van der Waals surface area contributed by atoms with Crippen LogP contribution in [0.4, 0.5) is 11.4 Å². The number of amides is 1. The van der Waals surface area contributed by atoms with E-state index in [-0.39, 0.29) is 6.61 Å². The van der Waals surface area contributed by atoms with Crippen molar-refractivity contribution >= 4 is 23.3 Å². The average Bonchev–Trinajstić information content (AvgIpc) is 2.73. The molecule has 1 saturated heterocycles. The van der Waals surface area contributed by atoms with Crippen molar-refractivity contribution < 1.29 is 23.8 Å². The van der Waals surface area contributed by atoms with E-state index in [4.69, 9.17) is 14.2 Å². The van der Waals surface area contributed by atoms with Crippen molar-refractivity contribution in [1.29, 1.82) is 0 Å². The van der Waals surface area contributed by atoms with Crippen LogP contribution in [-0.2, 0) is 14.3 Å². The first kappa shape index (κ1) is 18.7. The van der Waals surface area contributed by atoms with Gasteiger partial charge in [0, 0.05) is 24.5 Å². The van der Waals surface area contributed by atoms with Crippen molar-refractivity contribution in [3.8, 4) is 5.75 Å². The van der Waals surface area contributed by atoms with E-state index in [2.05, 4.69) is 10.2 Å². The molecule has 1 aliphatic heterocycles. The quantitative estimate of drug-likeness (QED) is 0.787. The Hall–Kier alpha value is -3.06. The van der Waals surface area contributed by atoms with Gasteiger partial charge in [-0.1, -0.05) is 6.07 Å². The zero-order chi connectivity index (χ0) is 19.1. The minimum absolute atomic E-state index is 0.331. The van der Waals surface area contributed by atoms with E-state index in [9.17, 15) is 9.59 Å². The number of morpholine rings is 1. The van der Waals surface area contributed by atoms with Crippen LogP contribution < -0.4 is 15.0 Å². The van der Waals surface area contributed by atoms with Crippen LogP contribution in [0.25, 0.3) is 0 Å². The van der Waals surface area contributed by atoms with Crippen LogP contribution in [0.15, 0.2) is 48.5 Å². The molecule has 1 N–H and O–H groups in total. The molecule has 1 heterocycles. The van der Waals surface area contributed by atoms with Gasteiger partial charge in [0.15, 0.2) is 6.61 Å². The van der Waals surface area contributed by atoms with Gasteiger partial charge in [-0.15, -0.1) is 0 Å². The summed E-state index contributed by atoms with van der Waals surface area (Å²) in [6.45, 7) is 2.79. The SMILES string of the molecule is COc1cccc(C(=O)OCC(=O)Nc2ccc(N3CCOCC3)cc2)c1. The smallest absolute Gasteiger partial charge is 0.338 e.